The Bertz CT molecular complexity index is 664. The number of benzene rings is 1. The van der Waals surface area contributed by atoms with Gasteiger partial charge < -0.3 is 20.6 Å². The summed E-state index contributed by atoms with van der Waals surface area (Å²) in [6.07, 6.45) is 3.45. The molecule has 0 radical (unpaired) electrons. The summed E-state index contributed by atoms with van der Waals surface area (Å²) < 4.78 is 4.54. The number of carboxylic acids is 1. The lowest BCUT2D eigenvalue weighted by molar-refractivity contribution is -0.139. The van der Waals surface area contributed by atoms with E-state index in [4.69, 9.17) is 22.4 Å². The molecule has 0 saturated carbocycles. The minimum atomic E-state index is -1.19. The molecular formula is C15H17ClN2O4. The quantitative estimate of drug-likeness (QED) is 0.591. The molecule has 6 nitrogen and oxygen atoms in total. The Morgan fingerprint density at radius 2 is 2.14 bits per heavy atom. The van der Waals surface area contributed by atoms with Crippen LogP contribution in [0.2, 0.25) is 5.02 Å². The lowest BCUT2D eigenvalue weighted by Gasteiger charge is -2.03. The van der Waals surface area contributed by atoms with Crippen LogP contribution in [0, 0.1) is 0 Å². The van der Waals surface area contributed by atoms with Crippen LogP contribution >= 0.6 is 11.6 Å². The Labute approximate surface area is 132 Å². The predicted molar refractivity (Wildman–Crippen MR) is 84.7 cm³/mol. The molecule has 118 valence electrons. The molecule has 1 aromatic heterocycles. The maximum absolute atomic E-state index is 10.6. The molecule has 2 rings (SSSR count). The van der Waals surface area contributed by atoms with Crippen molar-refractivity contribution in [3.05, 3.63) is 47.6 Å². The first-order valence-electron chi connectivity index (χ1n) is 6.44. The fourth-order valence-corrected chi connectivity index (χ4v) is 1.61. The van der Waals surface area contributed by atoms with Gasteiger partial charge in [-0.25, -0.2) is 9.59 Å². The number of aromatic nitrogens is 1. The highest BCUT2D eigenvalue weighted by Gasteiger charge is 2.00. The third-order valence-electron chi connectivity index (χ3n) is 2.37. The van der Waals surface area contributed by atoms with E-state index in [1.807, 2.05) is 30.5 Å². The van der Waals surface area contributed by atoms with Gasteiger partial charge in [-0.2, -0.15) is 0 Å². The van der Waals surface area contributed by atoms with Gasteiger partial charge in [0.1, 0.15) is 6.61 Å². The number of nitrogens with one attached hydrogen (secondary N) is 1. The molecule has 0 saturated heterocycles. The zero-order chi connectivity index (χ0) is 16.5. The molecule has 4 N–H and O–H groups in total. The second-order valence-corrected chi connectivity index (χ2v) is 4.92. The number of rotatable bonds is 4. The smallest absolute Gasteiger partial charge is 0.331 e. The topological polar surface area (TPSA) is 105 Å². The number of nitrogens with two attached hydrogens (primary N) is 1. The molecule has 0 amide bonds. The lowest BCUT2D eigenvalue weighted by atomic mass is 10.2. The number of carbonyl (C=O) groups is 2. The van der Waals surface area contributed by atoms with Crippen molar-refractivity contribution in [2.75, 3.05) is 6.61 Å². The summed E-state index contributed by atoms with van der Waals surface area (Å²) >= 11 is 5.76. The van der Waals surface area contributed by atoms with Crippen molar-refractivity contribution in [2.24, 2.45) is 5.73 Å². The van der Waals surface area contributed by atoms with Crippen LogP contribution in [0.1, 0.15) is 6.92 Å². The van der Waals surface area contributed by atoms with Crippen LogP contribution in [0.4, 0.5) is 0 Å². The molecule has 0 aliphatic heterocycles. The highest BCUT2D eigenvalue weighted by Crippen LogP contribution is 2.17. The SMILES string of the molecule is CC(N)COC(=O)/C=C/C(=O)O.Clc1ccc2[nH]ccc2c1. The maximum atomic E-state index is 10.6. The molecule has 1 heterocycles. The van der Waals surface area contributed by atoms with Gasteiger partial charge in [-0.05, 0) is 31.2 Å². The predicted octanol–water partition coefficient (Wildman–Crippen LogP) is 2.34. The van der Waals surface area contributed by atoms with Crippen molar-refractivity contribution >= 4 is 34.4 Å². The Kier molecular flexibility index (Phi) is 7.15. The first-order valence-corrected chi connectivity index (χ1v) is 6.82. The van der Waals surface area contributed by atoms with Crippen LogP contribution in [0.5, 0.6) is 0 Å². The average Bonchev–Trinajstić information content (AvgIpc) is 2.90. The molecule has 0 spiro atoms. The van der Waals surface area contributed by atoms with Crippen LogP contribution in [0.25, 0.3) is 10.9 Å². The number of fused-ring (bicyclic) bond motifs is 1. The van der Waals surface area contributed by atoms with E-state index in [1.54, 1.807) is 6.92 Å². The Hall–Kier alpha value is -2.31. The lowest BCUT2D eigenvalue weighted by Crippen LogP contribution is -2.23. The summed E-state index contributed by atoms with van der Waals surface area (Å²) in [5.41, 5.74) is 6.41. The monoisotopic (exact) mass is 324 g/mol. The van der Waals surface area contributed by atoms with E-state index in [-0.39, 0.29) is 12.6 Å². The highest BCUT2D eigenvalue weighted by molar-refractivity contribution is 6.31. The second kappa shape index (κ2) is 8.86. The highest BCUT2D eigenvalue weighted by atomic mass is 35.5. The van der Waals surface area contributed by atoms with Crippen LogP contribution < -0.4 is 5.73 Å². The van der Waals surface area contributed by atoms with E-state index in [2.05, 4.69) is 9.72 Å². The van der Waals surface area contributed by atoms with Crippen LogP contribution in [-0.4, -0.2) is 34.7 Å². The van der Waals surface area contributed by atoms with Crippen molar-refractivity contribution in [1.29, 1.82) is 0 Å². The average molecular weight is 325 g/mol. The Morgan fingerprint density at radius 1 is 1.41 bits per heavy atom. The fourth-order valence-electron chi connectivity index (χ4n) is 1.43. The normalized spacial score (nSPS) is 11.8. The van der Waals surface area contributed by atoms with E-state index in [0.717, 1.165) is 22.0 Å². The number of carbonyl (C=O) groups excluding carboxylic acids is 1. The number of ether oxygens (including phenoxy) is 1. The Morgan fingerprint density at radius 3 is 2.77 bits per heavy atom. The minimum absolute atomic E-state index is 0.0861. The fraction of sp³-hybridized carbons (Fsp3) is 0.200. The largest absolute Gasteiger partial charge is 0.478 e. The molecule has 0 bridgehead atoms. The number of hydrogen-bond acceptors (Lipinski definition) is 4. The van der Waals surface area contributed by atoms with Gasteiger partial charge in [0.05, 0.1) is 0 Å². The van der Waals surface area contributed by atoms with Gasteiger partial charge >= 0.3 is 11.9 Å². The summed E-state index contributed by atoms with van der Waals surface area (Å²) in [7, 11) is 0. The number of aliphatic carboxylic acids is 1. The van der Waals surface area contributed by atoms with Gasteiger partial charge in [-0.1, -0.05) is 11.6 Å². The number of halogens is 1. The third kappa shape index (κ3) is 6.92. The number of hydrogen-bond donors (Lipinski definition) is 3. The maximum Gasteiger partial charge on any atom is 0.331 e. The standard InChI is InChI=1S/C8H6ClN.C7H11NO4/c9-7-1-2-8-6(5-7)3-4-10-8;1-5(8)4-12-7(11)3-2-6(9)10/h1-5,10H;2-3,5H,4,8H2,1H3,(H,9,10)/b;3-2+. The molecule has 22 heavy (non-hydrogen) atoms. The van der Waals surface area contributed by atoms with E-state index in [1.165, 1.54) is 0 Å². The second-order valence-electron chi connectivity index (χ2n) is 4.49. The molecule has 1 aromatic carbocycles. The van der Waals surface area contributed by atoms with Gasteiger partial charge in [0.2, 0.25) is 0 Å². The first-order chi connectivity index (χ1) is 10.4. The van der Waals surface area contributed by atoms with E-state index < -0.39 is 11.9 Å². The van der Waals surface area contributed by atoms with E-state index in [0.29, 0.717) is 6.08 Å². The zero-order valence-electron chi connectivity index (χ0n) is 12.0. The third-order valence-corrected chi connectivity index (χ3v) is 2.60. The summed E-state index contributed by atoms with van der Waals surface area (Å²) in [5.74, 6) is -1.89. The molecule has 1 atom stereocenters. The van der Waals surface area contributed by atoms with E-state index in [9.17, 15) is 9.59 Å². The molecule has 0 aliphatic carbocycles. The number of esters is 1. The van der Waals surface area contributed by atoms with Crippen LogP contribution in [-0.2, 0) is 14.3 Å². The van der Waals surface area contributed by atoms with Gasteiger partial charge in [0.15, 0.2) is 0 Å². The van der Waals surface area contributed by atoms with Crippen LogP contribution in [0.3, 0.4) is 0 Å². The molecule has 7 heteroatoms. The number of aromatic amines is 1. The van der Waals surface area contributed by atoms with E-state index >= 15 is 0 Å². The molecule has 1 unspecified atom stereocenters. The van der Waals surface area contributed by atoms with Crippen molar-refractivity contribution in [3.8, 4) is 0 Å². The summed E-state index contributed by atoms with van der Waals surface area (Å²) in [5, 5.41) is 10.1. The van der Waals surface area contributed by atoms with Gasteiger partial charge in [0, 0.05) is 40.3 Å². The Balaban J connectivity index is 0.000000222. The number of H-pyrrole nitrogens is 1. The molecular weight excluding hydrogens is 308 g/mol. The summed E-state index contributed by atoms with van der Waals surface area (Å²) in [6.45, 7) is 1.76. The first kappa shape index (κ1) is 17.7. The molecule has 2 aromatic rings. The number of carboxylic acid groups (broad SMARTS) is 1. The molecule has 0 fully saturated rings. The van der Waals surface area contributed by atoms with Crippen molar-refractivity contribution in [3.63, 3.8) is 0 Å². The minimum Gasteiger partial charge on any atom is -0.478 e. The zero-order valence-corrected chi connectivity index (χ0v) is 12.7. The van der Waals surface area contributed by atoms with Gasteiger partial charge in [-0.15, -0.1) is 0 Å². The van der Waals surface area contributed by atoms with Crippen LogP contribution in [0.15, 0.2) is 42.6 Å². The summed E-state index contributed by atoms with van der Waals surface area (Å²) in [6, 6.07) is 7.54. The van der Waals surface area contributed by atoms with Gasteiger partial charge in [-0.3, -0.25) is 0 Å². The molecule has 0 aliphatic rings. The van der Waals surface area contributed by atoms with Crippen molar-refractivity contribution in [1.82, 2.24) is 4.98 Å². The summed E-state index contributed by atoms with van der Waals surface area (Å²) in [4.78, 5) is 23.6. The van der Waals surface area contributed by atoms with Gasteiger partial charge in [0.25, 0.3) is 0 Å². The van der Waals surface area contributed by atoms with Crippen molar-refractivity contribution in [2.45, 2.75) is 13.0 Å². The van der Waals surface area contributed by atoms with Crippen molar-refractivity contribution < 1.29 is 19.4 Å².